The van der Waals surface area contributed by atoms with E-state index in [9.17, 15) is 14.9 Å². The number of likely N-dealkylation sites (tertiary alicyclic amines) is 1. The van der Waals surface area contributed by atoms with Crippen LogP contribution in [-0.2, 0) is 16.1 Å². The Bertz CT molecular complexity index is 1750. The fourth-order valence-electron chi connectivity index (χ4n) is 5.57. The lowest BCUT2D eigenvalue weighted by atomic mass is 9.97. The van der Waals surface area contributed by atoms with Crippen molar-refractivity contribution >= 4 is 5.97 Å². The van der Waals surface area contributed by atoms with Gasteiger partial charge in [-0.25, -0.2) is 14.6 Å². The second kappa shape index (κ2) is 15.6. The maximum absolute atomic E-state index is 12.6. The number of carbonyl (C=O) groups excluding carboxylic acids is 1. The first-order valence-electron chi connectivity index (χ1n) is 16.2. The van der Waals surface area contributed by atoms with Crippen LogP contribution in [0, 0.1) is 17.2 Å². The van der Waals surface area contributed by atoms with E-state index in [1.807, 2.05) is 51.1 Å². The Hall–Kier alpha value is -4.88. The summed E-state index contributed by atoms with van der Waals surface area (Å²) in [5.74, 6) is 1.58. The van der Waals surface area contributed by atoms with Gasteiger partial charge in [0.2, 0.25) is 0 Å². The number of esters is 1. The zero-order chi connectivity index (χ0) is 33.2. The van der Waals surface area contributed by atoms with Crippen molar-refractivity contribution in [1.29, 1.82) is 5.26 Å². The molecule has 2 aromatic carbocycles. The van der Waals surface area contributed by atoms with Crippen LogP contribution in [0.3, 0.4) is 0 Å². The highest BCUT2D eigenvalue weighted by molar-refractivity contribution is 5.69. The molecule has 1 aliphatic rings. The van der Waals surface area contributed by atoms with E-state index >= 15 is 0 Å². The fraction of sp³-hybridized carbons (Fsp3) is 0.405. The van der Waals surface area contributed by atoms with Crippen molar-refractivity contribution in [2.45, 2.75) is 65.0 Å². The molecular formula is C37H42N6O4. The number of unbranched alkanes of at least 4 members (excludes halogenated alkanes) is 1. The second-order valence-corrected chi connectivity index (χ2v) is 13.0. The third-order valence-corrected chi connectivity index (χ3v) is 8.02. The molecule has 2 aromatic heterocycles. The Morgan fingerprint density at radius 1 is 0.979 bits per heavy atom. The molecule has 1 saturated heterocycles. The molecule has 0 N–H and O–H groups in total. The average Bonchev–Trinajstić information content (AvgIpc) is 3.07. The van der Waals surface area contributed by atoms with Crippen LogP contribution in [0.4, 0.5) is 0 Å². The molecule has 0 saturated carbocycles. The van der Waals surface area contributed by atoms with Crippen molar-refractivity contribution in [3.8, 4) is 34.5 Å². The van der Waals surface area contributed by atoms with Gasteiger partial charge in [0.25, 0.3) is 5.56 Å². The van der Waals surface area contributed by atoms with Crippen LogP contribution in [0.2, 0.25) is 0 Å². The van der Waals surface area contributed by atoms with E-state index in [-0.39, 0.29) is 18.1 Å². The molecule has 244 valence electrons. The molecule has 5 rings (SSSR count). The normalized spacial score (nSPS) is 14.0. The van der Waals surface area contributed by atoms with Crippen molar-refractivity contribution in [3.05, 3.63) is 94.5 Å². The third-order valence-electron chi connectivity index (χ3n) is 8.02. The molecule has 47 heavy (non-hydrogen) atoms. The first kappa shape index (κ1) is 33.5. The number of hydrogen-bond acceptors (Lipinski definition) is 9. The summed E-state index contributed by atoms with van der Waals surface area (Å²) in [6, 6.07) is 20.2. The minimum Gasteiger partial charge on any atom is -0.490 e. The predicted molar refractivity (Wildman–Crippen MR) is 180 cm³/mol. The maximum Gasteiger partial charge on any atom is 0.306 e. The Labute approximate surface area is 276 Å². The Kier molecular flexibility index (Phi) is 11.1. The largest absolute Gasteiger partial charge is 0.490 e. The van der Waals surface area contributed by atoms with E-state index in [2.05, 4.69) is 26.0 Å². The van der Waals surface area contributed by atoms with E-state index in [1.165, 1.54) is 10.7 Å². The Morgan fingerprint density at radius 2 is 1.72 bits per heavy atom. The molecule has 3 heterocycles. The van der Waals surface area contributed by atoms with Gasteiger partial charge in [0.15, 0.2) is 11.6 Å². The molecule has 4 aromatic rings. The van der Waals surface area contributed by atoms with Crippen molar-refractivity contribution in [3.63, 3.8) is 0 Å². The van der Waals surface area contributed by atoms with Gasteiger partial charge in [-0.2, -0.15) is 10.4 Å². The van der Waals surface area contributed by atoms with Gasteiger partial charge in [-0.1, -0.05) is 30.3 Å². The van der Waals surface area contributed by atoms with Gasteiger partial charge >= 0.3 is 5.97 Å². The van der Waals surface area contributed by atoms with Crippen LogP contribution < -0.4 is 10.3 Å². The van der Waals surface area contributed by atoms with E-state index < -0.39 is 5.60 Å². The number of hydrogen-bond donors (Lipinski definition) is 0. The van der Waals surface area contributed by atoms with Crippen molar-refractivity contribution in [2.75, 3.05) is 26.2 Å². The summed E-state index contributed by atoms with van der Waals surface area (Å²) in [5.41, 5.74) is 3.01. The molecule has 0 radical (unpaired) electrons. The number of carbonyl (C=O) groups is 1. The molecule has 0 aliphatic carbocycles. The van der Waals surface area contributed by atoms with Gasteiger partial charge in [0.1, 0.15) is 5.60 Å². The van der Waals surface area contributed by atoms with Crippen LogP contribution in [0.15, 0.2) is 77.9 Å². The van der Waals surface area contributed by atoms with E-state index in [0.717, 1.165) is 62.0 Å². The summed E-state index contributed by atoms with van der Waals surface area (Å²) in [7, 11) is 0. The topological polar surface area (TPSA) is 123 Å². The molecule has 0 unspecified atom stereocenters. The van der Waals surface area contributed by atoms with E-state index in [1.54, 1.807) is 36.7 Å². The summed E-state index contributed by atoms with van der Waals surface area (Å²) < 4.78 is 12.9. The Morgan fingerprint density at radius 3 is 2.47 bits per heavy atom. The average molecular weight is 635 g/mol. The van der Waals surface area contributed by atoms with E-state index in [4.69, 9.17) is 9.47 Å². The van der Waals surface area contributed by atoms with Crippen LogP contribution in [-0.4, -0.2) is 62.5 Å². The smallest absolute Gasteiger partial charge is 0.306 e. The van der Waals surface area contributed by atoms with Gasteiger partial charge in [-0.3, -0.25) is 9.59 Å². The molecule has 0 atom stereocenters. The SMILES string of the molecule is CC(C)(C)OC(=O)CCCCN1CCC(COc2cnc(-c3cccc(Cn4nc(-c5cccc(C#N)c5)ccc4=O)c3)nc2)CC1. The van der Waals surface area contributed by atoms with Gasteiger partial charge in [-0.05, 0) is 102 Å². The van der Waals surface area contributed by atoms with Gasteiger partial charge in [0, 0.05) is 23.6 Å². The quantitative estimate of drug-likeness (QED) is 0.139. The number of nitriles is 1. The van der Waals surface area contributed by atoms with Gasteiger partial charge in [-0.15, -0.1) is 0 Å². The maximum atomic E-state index is 12.6. The summed E-state index contributed by atoms with van der Waals surface area (Å²) in [6.45, 7) is 9.68. The van der Waals surface area contributed by atoms with Crippen LogP contribution in [0.1, 0.15) is 64.0 Å². The van der Waals surface area contributed by atoms with E-state index in [0.29, 0.717) is 41.8 Å². The molecular weight excluding hydrogens is 592 g/mol. The predicted octanol–water partition coefficient (Wildman–Crippen LogP) is 5.89. The number of benzene rings is 2. The minimum atomic E-state index is -0.423. The van der Waals surface area contributed by atoms with Crippen LogP contribution in [0.5, 0.6) is 5.75 Å². The zero-order valence-corrected chi connectivity index (χ0v) is 27.4. The number of aromatic nitrogens is 4. The van der Waals surface area contributed by atoms with Gasteiger partial charge in [0.05, 0.1) is 42.9 Å². The number of piperidine rings is 1. The number of rotatable bonds is 12. The standard InChI is InChI=1S/C37H42N6O4/c1-37(2,3)47-35(45)12-4-5-17-42-18-15-27(16-19-42)26-46-32-23-39-36(40-24-32)31-11-7-9-29(21-31)25-43-34(44)14-13-33(41-43)30-10-6-8-28(20-30)22-38/h6-11,13-14,20-21,23-24,27H,4-5,12,15-19,25-26H2,1-3H3. The third kappa shape index (κ3) is 10.1. The van der Waals surface area contributed by atoms with Crippen molar-refractivity contribution < 1.29 is 14.3 Å². The van der Waals surface area contributed by atoms with Gasteiger partial charge < -0.3 is 14.4 Å². The van der Waals surface area contributed by atoms with Crippen LogP contribution in [0.25, 0.3) is 22.6 Å². The first-order chi connectivity index (χ1) is 22.6. The molecule has 0 bridgehead atoms. The molecule has 0 amide bonds. The first-order valence-corrected chi connectivity index (χ1v) is 16.2. The number of nitrogens with zero attached hydrogens (tertiary/aromatic N) is 6. The van der Waals surface area contributed by atoms with Crippen molar-refractivity contribution in [2.24, 2.45) is 5.92 Å². The lowest BCUT2D eigenvalue weighted by Gasteiger charge is -2.31. The lowest BCUT2D eigenvalue weighted by molar-refractivity contribution is -0.154. The fourth-order valence-corrected chi connectivity index (χ4v) is 5.57. The molecule has 10 heteroatoms. The molecule has 0 spiro atoms. The minimum absolute atomic E-state index is 0.117. The van der Waals surface area contributed by atoms with Crippen molar-refractivity contribution in [1.82, 2.24) is 24.6 Å². The zero-order valence-electron chi connectivity index (χ0n) is 27.4. The monoisotopic (exact) mass is 634 g/mol. The highest BCUT2D eigenvalue weighted by Gasteiger charge is 2.20. The summed E-state index contributed by atoms with van der Waals surface area (Å²) in [5, 5.41) is 13.8. The number of ether oxygens (including phenoxy) is 2. The molecule has 10 nitrogen and oxygen atoms in total. The van der Waals surface area contributed by atoms with Crippen LogP contribution >= 0.6 is 0 Å². The summed E-state index contributed by atoms with van der Waals surface area (Å²) in [4.78, 5) is 36.1. The lowest BCUT2D eigenvalue weighted by Crippen LogP contribution is -2.36. The molecule has 1 fully saturated rings. The Balaban J connectivity index is 1.09. The summed E-state index contributed by atoms with van der Waals surface area (Å²) >= 11 is 0. The second-order valence-electron chi connectivity index (χ2n) is 13.0. The summed E-state index contributed by atoms with van der Waals surface area (Å²) in [6.07, 6.45) is 7.89. The molecule has 1 aliphatic heterocycles. The highest BCUT2D eigenvalue weighted by Crippen LogP contribution is 2.22. The highest BCUT2D eigenvalue weighted by atomic mass is 16.6.